The van der Waals surface area contributed by atoms with Crippen LogP contribution in [0.5, 0.6) is 0 Å². The third-order valence-electron chi connectivity index (χ3n) is 0.997. The maximum absolute atomic E-state index is 10.5. The van der Waals surface area contributed by atoms with E-state index >= 15 is 0 Å². The molecule has 0 aliphatic rings. The molecule has 0 unspecified atom stereocenters. The highest BCUT2D eigenvalue weighted by atomic mass is 31.2. The summed E-state index contributed by atoms with van der Waals surface area (Å²) in [6, 6.07) is 0. The van der Waals surface area contributed by atoms with Gasteiger partial charge in [-0.2, -0.15) is 0 Å². The van der Waals surface area contributed by atoms with Gasteiger partial charge in [0.2, 0.25) is 0 Å². The summed E-state index contributed by atoms with van der Waals surface area (Å²) in [7, 11) is -9.61. The molecule has 0 rings (SSSR count). The molecular formula is C4H9O6P2. The van der Waals surface area contributed by atoms with Gasteiger partial charge in [0.25, 0.3) is 0 Å². The highest BCUT2D eigenvalue weighted by Crippen LogP contribution is 2.60. The van der Waals surface area contributed by atoms with Gasteiger partial charge in [0.1, 0.15) is 0 Å². The Balaban J connectivity index is 4.81. The molecule has 0 saturated heterocycles. The van der Waals surface area contributed by atoms with E-state index < -0.39 is 20.6 Å². The van der Waals surface area contributed by atoms with Gasteiger partial charge >= 0.3 is 15.2 Å². The van der Waals surface area contributed by atoms with Crippen LogP contribution in [0.3, 0.4) is 0 Å². The Bertz CT molecular complexity index is 226. The molecule has 0 atom stereocenters. The van der Waals surface area contributed by atoms with Gasteiger partial charge in [-0.25, -0.2) is 0 Å². The van der Waals surface area contributed by atoms with E-state index in [0.717, 1.165) is 6.08 Å². The molecule has 6 nitrogen and oxygen atoms in total. The fourth-order valence-corrected chi connectivity index (χ4v) is 2.80. The molecule has 12 heavy (non-hydrogen) atoms. The monoisotopic (exact) mass is 215 g/mol. The van der Waals surface area contributed by atoms with E-state index in [9.17, 15) is 9.13 Å². The lowest BCUT2D eigenvalue weighted by Crippen LogP contribution is -2.08. The Morgan fingerprint density at radius 1 is 1.08 bits per heavy atom. The van der Waals surface area contributed by atoms with E-state index in [4.69, 9.17) is 19.6 Å². The molecule has 4 N–H and O–H groups in total. The van der Waals surface area contributed by atoms with Crippen molar-refractivity contribution in [2.24, 2.45) is 0 Å². The van der Waals surface area contributed by atoms with Crippen LogP contribution < -0.4 is 0 Å². The van der Waals surface area contributed by atoms with Crippen LogP contribution in [-0.4, -0.2) is 25.0 Å². The molecule has 0 fully saturated rings. The predicted molar refractivity (Wildman–Crippen MR) is 42.4 cm³/mol. The average Bonchev–Trinajstić information content (AvgIpc) is 1.77. The van der Waals surface area contributed by atoms with Crippen LogP contribution in [0.4, 0.5) is 0 Å². The predicted octanol–water partition coefficient (Wildman–Crippen LogP) is 0.0582. The second-order valence-corrected chi connectivity index (χ2v) is 5.90. The number of hydrogen-bond donors (Lipinski definition) is 4. The Hall–Kier alpha value is 0.0400. The van der Waals surface area contributed by atoms with Crippen LogP contribution in [0.1, 0.15) is 0 Å². The Morgan fingerprint density at radius 3 is 1.50 bits per heavy atom. The summed E-state index contributed by atoms with van der Waals surface area (Å²) in [6.45, 7) is 3.09. The van der Waals surface area contributed by atoms with Gasteiger partial charge < -0.3 is 19.6 Å². The highest BCUT2D eigenvalue weighted by molar-refractivity contribution is 7.71. The van der Waals surface area contributed by atoms with Crippen LogP contribution in [0.2, 0.25) is 0 Å². The number of hydrogen-bond acceptors (Lipinski definition) is 2. The molecular weight excluding hydrogens is 206 g/mol. The first kappa shape index (κ1) is 12.0. The number of allylic oxidation sites excluding steroid dienone is 1. The fraction of sp³-hybridized carbons (Fsp3) is 0.250. The molecule has 0 aromatic carbocycles. The summed E-state index contributed by atoms with van der Waals surface area (Å²) in [5.74, 6) is 0. The highest BCUT2D eigenvalue weighted by Gasteiger charge is 2.42. The topological polar surface area (TPSA) is 115 Å². The Labute approximate surface area is 69.2 Å². The van der Waals surface area contributed by atoms with Crippen LogP contribution in [0.15, 0.2) is 12.7 Å². The zero-order valence-corrected chi connectivity index (χ0v) is 7.73. The second kappa shape index (κ2) is 3.83. The van der Waals surface area contributed by atoms with Gasteiger partial charge in [-0.05, 0) is 0 Å². The summed E-state index contributed by atoms with van der Waals surface area (Å²) < 4.78 is 21.0. The summed E-state index contributed by atoms with van der Waals surface area (Å²) in [5.41, 5.74) is 0. The Kier molecular flexibility index (Phi) is 3.85. The van der Waals surface area contributed by atoms with Gasteiger partial charge in [0.05, 0.1) is 0 Å². The van der Waals surface area contributed by atoms with Crippen molar-refractivity contribution in [2.45, 2.75) is 5.40 Å². The van der Waals surface area contributed by atoms with Crippen molar-refractivity contribution in [1.29, 1.82) is 0 Å². The van der Waals surface area contributed by atoms with Crippen LogP contribution in [0, 0.1) is 6.42 Å². The summed E-state index contributed by atoms with van der Waals surface area (Å²) >= 11 is 0. The summed E-state index contributed by atoms with van der Waals surface area (Å²) in [6.07, 6.45) is 1.63. The molecule has 8 heteroatoms. The van der Waals surface area contributed by atoms with Crippen molar-refractivity contribution in [2.75, 3.05) is 0 Å². The molecule has 0 saturated carbocycles. The lowest BCUT2D eigenvalue weighted by molar-refractivity contribution is 0.345. The minimum Gasteiger partial charge on any atom is -0.324 e. The van der Waals surface area contributed by atoms with Crippen LogP contribution in [0.25, 0.3) is 0 Å². The molecule has 0 heterocycles. The zero-order valence-electron chi connectivity index (χ0n) is 5.94. The smallest absolute Gasteiger partial charge is 0.324 e. The Morgan fingerprint density at radius 2 is 1.42 bits per heavy atom. The van der Waals surface area contributed by atoms with Crippen molar-refractivity contribution in [1.82, 2.24) is 0 Å². The molecule has 0 bridgehead atoms. The van der Waals surface area contributed by atoms with E-state index in [1.807, 2.05) is 0 Å². The molecule has 0 aliphatic heterocycles. The van der Waals surface area contributed by atoms with E-state index in [0.29, 0.717) is 6.42 Å². The first-order valence-electron chi connectivity index (χ1n) is 2.76. The molecule has 0 aromatic heterocycles. The summed E-state index contributed by atoms with van der Waals surface area (Å²) in [5, 5.41) is -2.08. The SMILES string of the molecule is C=C[CH]C(P(=O)(O)O)P(=O)(O)O. The average molecular weight is 215 g/mol. The summed E-state index contributed by atoms with van der Waals surface area (Å²) in [4.78, 5) is 33.9. The lowest BCUT2D eigenvalue weighted by atomic mass is 10.5. The van der Waals surface area contributed by atoms with Crippen LogP contribution >= 0.6 is 15.2 Å². The fourth-order valence-electron chi connectivity index (χ4n) is 0.542. The van der Waals surface area contributed by atoms with Gasteiger partial charge in [0.15, 0.2) is 5.40 Å². The maximum atomic E-state index is 10.5. The molecule has 0 aliphatic carbocycles. The second-order valence-electron chi connectivity index (χ2n) is 2.02. The van der Waals surface area contributed by atoms with Crippen molar-refractivity contribution >= 4 is 15.2 Å². The van der Waals surface area contributed by atoms with Gasteiger partial charge in [-0.15, -0.1) is 6.58 Å². The first-order chi connectivity index (χ1) is 5.19. The van der Waals surface area contributed by atoms with E-state index in [-0.39, 0.29) is 0 Å². The minimum absolute atomic E-state index is 0.696. The zero-order chi connectivity index (χ0) is 9.99. The third kappa shape index (κ3) is 3.63. The molecule has 71 valence electrons. The van der Waals surface area contributed by atoms with E-state index in [1.54, 1.807) is 0 Å². The van der Waals surface area contributed by atoms with Gasteiger partial charge in [0, 0.05) is 6.42 Å². The van der Waals surface area contributed by atoms with E-state index in [2.05, 4.69) is 6.58 Å². The lowest BCUT2D eigenvalue weighted by Gasteiger charge is -2.17. The first-order valence-corrected chi connectivity index (χ1v) is 6.12. The van der Waals surface area contributed by atoms with Crippen LogP contribution in [-0.2, 0) is 9.13 Å². The molecule has 1 radical (unpaired) electrons. The van der Waals surface area contributed by atoms with Gasteiger partial charge in [-0.1, -0.05) is 6.08 Å². The van der Waals surface area contributed by atoms with Crippen molar-refractivity contribution in [3.8, 4) is 0 Å². The normalized spacial score (nSPS) is 13.4. The van der Waals surface area contributed by atoms with Crippen molar-refractivity contribution < 1.29 is 28.7 Å². The maximum Gasteiger partial charge on any atom is 0.341 e. The third-order valence-corrected chi connectivity index (χ3v) is 4.53. The van der Waals surface area contributed by atoms with Crippen molar-refractivity contribution in [3.05, 3.63) is 19.1 Å². The molecule has 0 aromatic rings. The van der Waals surface area contributed by atoms with Crippen molar-refractivity contribution in [3.63, 3.8) is 0 Å². The number of rotatable bonds is 4. The molecule has 0 spiro atoms. The molecule has 0 amide bonds. The minimum atomic E-state index is -4.80. The largest absolute Gasteiger partial charge is 0.341 e. The quantitative estimate of drug-likeness (QED) is 0.493. The standard InChI is InChI=1S/C4H9O6P2/c1-2-3-4(11(5,6)7)12(8,9)10/h2-4H,1H2,(H2,5,6,7)(H2,8,9,10). The van der Waals surface area contributed by atoms with E-state index in [1.165, 1.54) is 0 Å². The van der Waals surface area contributed by atoms with Gasteiger partial charge in [-0.3, -0.25) is 9.13 Å².